The number of likely N-dealkylation sites (tertiary alicyclic amines) is 2. The summed E-state index contributed by atoms with van der Waals surface area (Å²) >= 11 is 0. The zero-order valence-corrected chi connectivity index (χ0v) is 18.6. The average Bonchev–Trinajstić information content (AvgIpc) is 3.47. The first-order valence-electron chi connectivity index (χ1n) is 11.8. The summed E-state index contributed by atoms with van der Waals surface area (Å²) in [5, 5.41) is 7.28. The number of nitrogens with zero attached hydrogens (tertiary/aromatic N) is 4. The molecule has 2 aliphatic heterocycles. The molecule has 7 nitrogen and oxygen atoms in total. The minimum atomic E-state index is 0.213. The van der Waals surface area contributed by atoms with Crippen LogP contribution in [-0.4, -0.2) is 64.6 Å². The van der Waals surface area contributed by atoms with E-state index in [0.717, 1.165) is 51.0 Å². The Labute approximate surface area is 185 Å². The van der Waals surface area contributed by atoms with Crippen LogP contribution < -0.4 is 5.32 Å². The third-order valence-electron chi connectivity index (χ3n) is 6.79. The Hall–Kier alpha value is -2.25. The molecule has 3 heterocycles. The van der Waals surface area contributed by atoms with Gasteiger partial charge in [-0.2, -0.15) is 4.98 Å². The van der Waals surface area contributed by atoms with Crippen LogP contribution in [0.4, 0.5) is 0 Å². The maximum Gasteiger partial charge on any atom is 0.241 e. The van der Waals surface area contributed by atoms with Crippen molar-refractivity contribution >= 4 is 5.91 Å². The van der Waals surface area contributed by atoms with Crippen LogP contribution in [0.2, 0.25) is 0 Å². The van der Waals surface area contributed by atoms with E-state index in [0.29, 0.717) is 36.6 Å². The summed E-state index contributed by atoms with van der Waals surface area (Å²) < 4.78 is 5.45. The number of carbonyl (C=O) groups is 1. The van der Waals surface area contributed by atoms with Crippen molar-refractivity contribution in [2.24, 2.45) is 5.92 Å². The lowest BCUT2D eigenvalue weighted by Gasteiger charge is -2.30. The second-order valence-electron chi connectivity index (χ2n) is 8.86. The fourth-order valence-electron chi connectivity index (χ4n) is 4.85. The molecule has 31 heavy (non-hydrogen) atoms. The minimum Gasteiger partial charge on any atom is -0.355 e. The summed E-state index contributed by atoms with van der Waals surface area (Å²) in [6.07, 6.45) is 6.34. The maximum absolute atomic E-state index is 12.3. The average molecular weight is 426 g/mol. The summed E-state index contributed by atoms with van der Waals surface area (Å²) in [6.45, 7) is 7.99. The van der Waals surface area contributed by atoms with Gasteiger partial charge in [0.05, 0.1) is 6.54 Å². The van der Waals surface area contributed by atoms with Crippen molar-refractivity contribution in [3.05, 3.63) is 36.2 Å². The van der Waals surface area contributed by atoms with E-state index in [1.807, 2.05) is 30.3 Å². The van der Waals surface area contributed by atoms with Crippen LogP contribution >= 0.6 is 0 Å². The van der Waals surface area contributed by atoms with Gasteiger partial charge in [-0.15, -0.1) is 0 Å². The van der Waals surface area contributed by atoms with E-state index >= 15 is 0 Å². The highest BCUT2D eigenvalue weighted by molar-refractivity contribution is 5.75. The minimum absolute atomic E-state index is 0.213. The van der Waals surface area contributed by atoms with E-state index in [1.165, 1.54) is 19.4 Å². The van der Waals surface area contributed by atoms with Crippen LogP contribution in [0.1, 0.15) is 51.3 Å². The summed E-state index contributed by atoms with van der Waals surface area (Å²) in [6, 6.07) is 10.4. The van der Waals surface area contributed by atoms with Crippen LogP contribution in [0.5, 0.6) is 0 Å². The van der Waals surface area contributed by atoms with Gasteiger partial charge in [-0.05, 0) is 64.2 Å². The topological polar surface area (TPSA) is 74.5 Å². The number of hydrogen-bond acceptors (Lipinski definition) is 6. The Morgan fingerprint density at radius 3 is 2.74 bits per heavy atom. The van der Waals surface area contributed by atoms with Crippen LogP contribution in [0, 0.1) is 5.92 Å². The first-order chi connectivity index (χ1) is 15.2. The molecule has 168 valence electrons. The predicted octanol–water partition coefficient (Wildman–Crippen LogP) is 3.33. The molecule has 1 atom stereocenters. The molecule has 1 N–H and O–H groups in total. The summed E-state index contributed by atoms with van der Waals surface area (Å²) in [5.74, 6) is 2.16. The van der Waals surface area contributed by atoms with Gasteiger partial charge in [0.2, 0.25) is 17.6 Å². The molecule has 0 spiro atoms. The second kappa shape index (κ2) is 10.9. The van der Waals surface area contributed by atoms with Crippen LogP contribution in [0.3, 0.4) is 0 Å². The van der Waals surface area contributed by atoms with Crippen molar-refractivity contribution in [3.8, 4) is 11.4 Å². The van der Waals surface area contributed by atoms with E-state index in [1.54, 1.807) is 0 Å². The van der Waals surface area contributed by atoms with Gasteiger partial charge in [-0.1, -0.05) is 42.4 Å². The zero-order chi connectivity index (χ0) is 21.5. The lowest BCUT2D eigenvalue weighted by molar-refractivity contribution is -0.121. The van der Waals surface area contributed by atoms with Crippen molar-refractivity contribution < 1.29 is 9.32 Å². The molecule has 1 unspecified atom stereocenters. The molecule has 0 saturated carbocycles. The Morgan fingerprint density at radius 2 is 1.97 bits per heavy atom. The number of benzene rings is 1. The molecule has 2 aliphatic rings. The highest BCUT2D eigenvalue weighted by Crippen LogP contribution is 2.24. The van der Waals surface area contributed by atoms with Gasteiger partial charge >= 0.3 is 0 Å². The third kappa shape index (κ3) is 6.14. The van der Waals surface area contributed by atoms with E-state index in [9.17, 15) is 4.79 Å². The molecule has 1 aromatic heterocycles. The van der Waals surface area contributed by atoms with Crippen molar-refractivity contribution in [1.82, 2.24) is 25.3 Å². The van der Waals surface area contributed by atoms with E-state index in [-0.39, 0.29) is 5.91 Å². The number of piperidine rings is 1. The van der Waals surface area contributed by atoms with Gasteiger partial charge < -0.3 is 9.84 Å². The number of rotatable bonds is 9. The first-order valence-corrected chi connectivity index (χ1v) is 11.8. The molecule has 0 radical (unpaired) electrons. The van der Waals surface area contributed by atoms with Crippen molar-refractivity contribution in [2.45, 2.75) is 58.0 Å². The molecule has 2 aromatic rings. The molecule has 4 rings (SSSR count). The first kappa shape index (κ1) is 22.0. The predicted molar refractivity (Wildman–Crippen MR) is 120 cm³/mol. The molecular formula is C24H35N5O2. The smallest absolute Gasteiger partial charge is 0.241 e. The highest BCUT2D eigenvalue weighted by atomic mass is 16.5. The number of aromatic nitrogens is 2. The third-order valence-corrected chi connectivity index (χ3v) is 6.79. The van der Waals surface area contributed by atoms with E-state index < -0.39 is 0 Å². The number of carbonyl (C=O) groups excluding carboxylic acids is 1. The largest absolute Gasteiger partial charge is 0.355 e. The fraction of sp³-hybridized carbons (Fsp3) is 0.625. The lowest BCUT2D eigenvalue weighted by atomic mass is 9.92. The number of nitrogens with one attached hydrogen (secondary N) is 1. The molecule has 1 amide bonds. The molecule has 0 bridgehead atoms. The lowest BCUT2D eigenvalue weighted by Crippen LogP contribution is -2.40. The van der Waals surface area contributed by atoms with E-state index in [2.05, 4.69) is 32.2 Å². The van der Waals surface area contributed by atoms with Crippen LogP contribution in [0.15, 0.2) is 34.9 Å². The Bertz CT molecular complexity index is 816. The zero-order valence-electron chi connectivity index (χ0n) is 18.6. The van der Waals surface area contributed by atoms with Gasteiger partial charge in [-0.3, -0.25) is 14.6 Å². The van der Waals surface area contributed by atoms with Gasteiger partial charge in [0.1, 0.15) is 0 Å². The van der Waals surface area contributed by atoms with E-state index in [4.69, 9.17) is 4.52 Å². The normalized spacial score (nSPS) is 20.9. The Kier molecular flexibility index (Phi) is 7.70. The van der Waals surface area contributed by atoms with Gasteiger partial charge in [0.15, 0.2) is 0 Å². The van der Waals surface area contributed by atoms with Gasteiger partial charge in [0.25, 0.3) is 0 Å². The van der Waals surface area contributed by atoms with Crippen molar-refractivity contribution in [2.75, 3.05) is 32.7 Å². The van der Waals surface area contributed by atoms with Crippen LogP contribution in [-0.2, 0) is 11.3 Å². The number of amides is 1. The van der Waals surface area contributed by atoms with Crippen molar-refractivity contribution in [3.63, 3.8) is 0 Å². The molecular weight excluding hydrogens is 390 g/mol. The number of likely N-dealkylation sites (N-methyl/N-ethyl adjacent to an activating group) is 1. The summed E-state index contributed by atoms with van der Waals surface area (Å²) in [5.41, 5.74) is 0.977. The van der Waals surface area contributed by atoms with Crippen molar-refractivity contribution in [1.29, 1.82) is 0 Å². The summed E-state index contributed by atoms with van der Waals surface area (Å²) in [7, 11) is 0. The van der Waals surface area contributed by atoms with Gasteiger partial charge in [0, 0.05) is 24.6 Å². The molecule has 2 fully saturated rings. The molecule has 0 aliphatic carbocycles. The standard InChI is InChI=1S/C24H35N5O2/c1-2-29-14-6-9-21(29)17-25-22(30)11-10-19-12-15-28(16-13-19)18-23-26-24(27-31-23)20-7-4-3-5-8-20/h3-5,7-8,19,21H,2,6,9-18H2,1H3,(H,25,30). The number of hydrogen-bond donors (Lipinski definition) is 1. The highest BCUT2D eigenvalue weighted by Gasteiger charge is 2.24. The fourth-order valence-corrected chi connectivity index (χ4v) is 4.85. The molecule has 1 aromatic carbocycles. The summed E-state index contributed by atoms with van der Waals surface area (Å²) in [4.78, 5) is 21.7. The molecule has 7 heteroatoms. The Morgan fingerprint density at radius 1 is 1.16 bits per heavy atom. The van der Waals surface area contributed by atoms with Crippen LogP contribution in [0.25, 0.3) is 11.4 Å². The Balaban J connectivity index is 1.13. The van der Waals surface area contributed by atoms with Gasteiger partial charge in [-0.25, -0.2) is 0 Å². The monoisotopic (exact) mass is 425 g/mol. The SMILES string of the molecule is CCN1CCCC1CNC(=O)CCC1CCN(Cc2nc(-c3ccccc3)no2)CC1. The molecule has 2 saturated heterocycles. The maximum atomic E-state index is 12.3. The second-order valence-corrected chi connectivity index (χ2v) is 8.86. The quantitative estimate of drug-likeness (QED) is 0.664.